The quantitative estimate of drug-likeness (QED) is 0.668. The maximum atomic E-state index is 11.1. The van der Waals surface area contributed by atoms with E-state index in [1.807, 2.05) is 41.8 Å². The minimum Gasteiger partial charge on any atom is -0.480 e. The summed E-state index contributed by atoms with van der Waals surface area (Å²) in [5.41, 5.74) is 0.713. The Morgan fingerprint density at radius 1 is 1.23 bits per heavy atom. The van der Waals surface area contributed by atoms with Gasteiger partial charge in [0.2, 0.25) is 0 Å². The van der Waals surface area contributed by atoms with Crippen LogP contribution in [0.4, 0.5) is 5.82 Å². The molecule has 0 bridgehead atoms. The number of para-hydroxylation sites is 1. The predicted molar refractivity (Wildman–Crippen MR) is 85.0 cm³/mol. The van der Waals surface area contributed by atoms with Crippen molar-refractivity contribution in [2.45, 2.75) is 6.04 Å². The fraction of sp³-hybridized carbons (Fsp3) is 0.133. The number of thiophene rings is 1. The Hall–Kier alpha value is -2.51. The lowest BCUT2D eigenvalue weighted by molar-refractivity contribution is -0.138. The number of benzene rings is 1. The number of carboxylic acid groups (broad SMARTS) is 1. The van der Waals surface area contributed by atoms with Crippen LogP contribution in [-0.2, 0) is 4.79 Å². The van der Waals surface area contributed by atoms with Gasteiger partial charge in [-0.25, -0.2) is 14.8 Å². The van der Waals surface area contributed by atoms with Gasteiger partial charge in [0.25, 0.3) is 0 Å². The first-order valence-electron chi connectivity index (χ1n) is 6.60. The van der Waals surface area contributed by atoms with Gasteiger partial charge in [-0.3, -0.25) is 0 Å². The Kier molecular flexibility index (Phi) is 3.99. The van der Waals surface area contributed by atoms with Crippen molar-refractivity contribution in [3.8, 4) is 10.7 Å². The molecule has 3 rings (SSSR count). The van der Waals surface area contributed by atoms with Gasteiger partial charge < -0.3 is 15.5 Å². The summed E-state index contributed by atoms with van der Waals surface area (Å²) >= 11 is 1.51. The number of carbonyl (C=O) groups is 1. The highest BCUT2D eigenvalue weighted by molar-refractivity contribution is 7.13. The van der Waals surface area contributed by atoms with Crippen LogP contribution in [0.5, 0.6) is 0 Å². The zero-order valence-corrected chi connectivity index (χ0v) is 12.2. The highest BCUT2D eigenvalue weighted by atomic mass is 32.1. The third kappa shape index (κ3) is 2.76. The second-order valence-electron chi connectivity index (χ2n) is 4.61. The molecule has 1 unspecified atom stereocenters. The van der Waals surface area contributed by atoms with E-state index in [1.54, 1.807) is 0 Å². The van der Waals surface area contributed by atoms with Crippen LogP contribution in [0, 0.1) is 0 Å². The molecule has 3 N–H and O–H groups in total. The zero-order valence-electron chi connectivity index (χ0n) is 11.4. The summed E-state index contributed by atoms with van der Waals surface area (Å²) in [6, 6.07) is 10.0. The average Bonchev–Trinajstić information content (AvgIpc) is 3.06. The van der Waals surface area contributed by atoms with Gasteiger partial charge in [-0.2, -0.15) is 0 Å². The van der Waals surface area contributed by atoms with E-state index in [-0.39, 0.29) is 0 Å². The van der Waals surface area contributed by atoms with E-state index < -0.39 is 18.6 Å². The lowest BCUT2D eigenvalue weighted by Gasteiger charge is -2.14. The lowest BCUT2D eigenvalue weighted by Crippen LogP contribution is -2.33. The molecular formula is C15H13N3O3S. The molecule has 22 heavy (non-hydrogen) atoms. The molecule has 0 fully saturated rings. The van der Waals surface area contributed by atoms with Gasteiger partial charge in [0.15, 0.2) is 5.82 Å². The molecule has 6 nitrogen and oxygen atoms in total. The maximum Gasteiger partial charge on any atom is 0.328 e. The Bertz CT molecular complexity index is 805. The van der Waals surface area contributed by atoms with Crippen molar-refractivity contribution in [2.75, 3.05) is 11.9 Å². The third-order valence-electron chi connectivity index (χ3n) is 3.14. The normalized spacial score (nSPS) is 12.2. The van der Waals surface area contributed by atoms with Crippen LogP contribution >= 0.6 is 11.3 Å². The molecule has 0 aliphatic carbocycles. The van der Waals surface area contributed by atoms with Crippen molar-refractivity contribution < 1.29 is 15.0 Å². The van der Waals surface area contributed by atoms with E-state index in [9.17, 15) is 9.90 Å². The Morgan fingerprint density at radius 3 is 2.73 bits per heavy atom. The number of carboxylic acids is 1. The molecule has 1 atom stereocenters. The predicted octanol–water partition coefficient (Wildman–Crippen LogP) is 2.22. The molecule has 3 aromatic rings. The van der Waals surface area contributed by atoms with E-state index in [1.165, 1.54) is 11.3 Å². The van der Waals surface area contributed by atoms with Crippen LogP contribution in [-0.4, -0.2) is 38.8 Å². The number of hydrogen-bond donors (Lipinski definition) is 3. The van der Waals surface area contributed by atoms with Crippen LogP contribution < -0.4 is 5.32 Å². The zero-order chi connectivity index (χ0) is 15.5. The number of fused-ring (bicyclic) bond motifs is 1. The monoisotopic (exact) mass is 315 g/mol. The van der Waals surface area contributed by atoms with Gasteiger partial charge >= 0.3 is 5.97 Å². The van der Waals surface area contributed by atoms with E-state index in [0.29, 0.717) is 22.5 Å². The van der Waals surface area contributed by atoms with Crippen LogP contribution in [0.15, 0.2) is 41.8 Å². The first-order chi connectivity index (χ1) is 10.7. The highest BCUT2D eigenvalue weighted by Gasteiger charge is 2.19. The first kappa shape index (κ1) is 14.4. The molecule has 0 spiro atoms. The van der Waals surface area contributed by atoms with E-state index in [2.05, 4.69) is 15.3 Å². The fourth-order valence-corrected chi connectivity index (χ4v) is 2.71. The minimum atomic E-state index is -1.14. The number of hydrogen-bond acceptors (Lipinski definition) is 6. The van der Waals surface area contributed by atoms with Crippen molar-refractivity contribution in [1.29, 1.82) is 0 Å². The highest BCUT2D eigenvalue weighted by Crippen LogP contribution is 2.27. The van der Waals surface area contributed by atoms with E-state index in [0.717, 1.165) is 4.88 Å². The molecule has 0 radical (unpaired) electrons. The summed E-state index contributed by atoms with van der Waals surface area (Å²) < 4.78 is 0. The Balaban J connectivity index is 2.12. The van der Waals surface area contributed by atoms with Gasteiger partial charge in [0, 0.05) is 5.39 Å². The lowest BCUT2D eigenvalue weighted by atomic mass is 10.2. The van der Waals surface area contributed by atoms with Crippen molar-refractivity contribution in [3.05, 3.63) is 41.8 Å². The van der Waals surface area contributed by atoms with Crippen molar-refractivity contribution in [2.24, 2.45) is 0 Å². The molecule has 0 saturated heterocycles. The largest absolute Gasteiger partial charge is 0.480 e. The van der Waals surface area contributed by atoms with Gasteiger partial charge in [-0.05, 0) is 23.6 Å². The smallest absolute Gasteiger partial charge is 0.328 e. The van der Waals surface area contributed by atoms with E-state index >= 15 is 0 Å². The van der Waals surface area contributed by atoms with Gasteiger partial charge in [-0.15, -0.1) is 11.3 Å². The van der Waals surface area contributed by atoms with Crippen LogP contribution in [0.1, 0.15) is 0 Å². The molecule has 0 aliphatic rings. The molecule has 0 saturated carbocycles. The Morgan fingerprint density at radius 2 is 2.05 bits per heavy atom. The molecule has 0 amide bonds. The topological polar surface area (TPSA) is 95.3 Å². The van der Waals surface area contributed by atoms with Gasteiger partial charge in [0.1, 0.15) is 11.9 Å². The SMILES string of the molecule is O=C(O)C(CO)Nc1nc(-c2cccs2)nc2ccccc12. The number of anilines is 1. The number of aliphatic hydroxyl groups is 1. The fourth-order valence-electron chi connectivity index (χ4n) is 2.05. The number of rotatable bonds is 5. The molecular weight excluding hydrogens is 302 g/mol. The summed E-state index contributed by atoms with van der Waals surface area (Å²) in [4.78, 5) is 20.9. The van der Waals surface area contributed by atoms with Crippen LogP contribution in [0.25, 0.3) is 21.6 Å². The number of aliphatic hydroxyl groups excluding tert-OH is 1. The number of aliphatic carboxylic acids is 1. The van der Waals surface area contributed by atoms with Crippen molar-refractivity contribution in [1.82, 2.24) is 9.97 Å². The minimum absolute atomic E-state index is 0.399. The van der Waals surface area contributed by atoms with Gasteiger partial charge in [0.05, 0.1) is 17.0 Å². The number of nitrogens with one attached hydrogen (secondary N) is 1. The molecule has 0 aliphatic heterocycles. The summed E-state index contributed by atoms with van der Waals surface area (Å²) in [7, 11) is 0. The van der Waals surface area contributed by atoms with Crippen molar-refractivity contribution in [3.63, 3.8) is 0 Å². The molecule has 7 heteroatoms. The second-order valence-corrected chi connectivity index (χ2v) is 5.56. The van der Waals surface area contributed by atoms with Crippen LogP contribution in [0.2, 0.25) is 0 Å². The first-order valence-corrected chi connectivity index (χ1v) is 7.48. The molecule has 112 valence electrons. The summed E-state index contributed by atoms with van der Waals surface area (Å²) in [6.07, 6.45) is 0. The third-order valence-corrected chi connectivity index (χ3v) is 4.00. The maximum absolute atomic E-state index is 11.1. The average molecular weight is 315 g/mol. The Labute approximate surface area is 130 Å². The number of nitrogens with zero attached hydrogens (tertiary/aromatic N) is 2. The second kappa shape index (κ2) is 6.08. The summed E-state index contributed by atoms with van der Waals surface area (Å²) in [5, 5.41) is 23.7. The standard InChI is InChI=1S/C15H13N3O3S/c19-8-11(15(20)21)17-13-9-4-1-2-5-10(9)16-14(18-13)12-6-3-7-22-12/h1-7,11,19H,8H2,(H,20,21)(H,16,17,18). The molecule has 2 heterocycles. The van der Waals surface area contributed by atoms with Gasteiger partial charge in [-0.1, -0.05) is 18.2 Å². The summed E-state index contributed by atoms with van der Waals surface area (Å²) in [6.45, 7) is -0.526. The summed E-state index contributed by atoms with van der Waals surface area (Å²) in [5.74, 6) is -0.211. The molecule has 1 aromatic carbocycles. The van der Waals surface area contributed by atoms with Crippen molar-refractivity contribution >= 4 is 34.0 Å². The van der Waals surface area contributed by atoms with Crippen LogP contribution in [0.3, 0.4) is 0 Å². The number of aromatic nitrogens is 2. The molecule has 2 aromatic heterocycles. The van der Waals surface area contributed by atoms with E-state index in [4.69, 9.17) is 5.11 Å².